The summed E-state index contributed by atoms with van der Waals surface area (Å²) in [5.41, 5.74) is -0.851. The van der Waals surface area contributed by atoms with Gasteiger partial charge in [-0.3, -0.25) is 13.7 Å². The third-order valence-electron chi connectivity index (χ3n) is 5.32. The fourth-order valence-electron chi connectivity index (χ4n) is 3.44. The second-order valence-electron chi connectivity index (χ2n) is 8.55. The number of halogens is 5. The molecule has 3 heterocycles. The SMILES string of the molecule is CSCCNc1nc(SCCC(F)(F)F)nc2c1ncn2[C@@H]1O[C@H](COP(=O)(O)OP(=O)(O)OP(=O)(CCl)OCl)[C@@H](O)[C@H]1O. The molecule has 3 rings (SSSR count). The largest absolute Gasteiger partial charge is 0.488 e. The van der Waals surface area contributed by atoms with Gasteiger partial charge in [0.1, 0.15) is 23.9 Å². The third kappa shape index (κ3) is 10.6. The molecule has 0 spiro atoms. The number of ether oxygens (including phenoxy) is 1. The number of alkyl halides is 4. The molecule has 0 aromatic carbocycles. The molecule has 1 saturated heterocycles. The zero-order chi connectivity index (χ0) is 32.9. The Morgan fingerprint density at radius 1 is 1.14 bits per heavy atom. The summed E-state index contributed by atoms with van der Waals surface area (Å²) in [5, 5.41) is 24.2. The minimum atomic E-state index is -5.62. The Kier molecular flexibility index (Phi) is 13.7. The number of phosphoric acid groups is 2. The van der Waals surface area contributed by atoms with Crippen LogP contribution in [0.3, 0.4) is 0 Å². The highest BCUT2D eigenvalue weighted by Crippen LogP contribution is 2.69. The quantitative estimate of drug-likeness (QED) is 0.0501. The maximum Gasteiger partial charge on any atom is 0.488 e. The van der Waals surface area contributed by atoms with Gasteiger partial charge in [0.05, 0.1) is 31.2 Å². The number of hydrogen-bond acceptors (Lipinski definition) is 16. The van der Waals surface area contributed by atoms with Gasteiger partial charge in [-0.25, -0.2) is 28.4 Å². The van der Waals surface area contributed by atoms with Gasteiger partial charge in [0, 0.05) is 18.1 Å². The lowest BCUT2D eigenvalue weighted by atomic mass is 10.1. The number of imidazole rings is 1. The van der Waals surface area contributed by atoms with E-state index in [0.29, 0.717) is 12.3 Å². The van der Waals surface area contributed by atoms with Crippen molar-refractivity contribution in [3.05, 3.63) is 6.33 Å². The molecule has 0 amide bonds. The summed E-state index contributed by atoms with van der Waals surface area (Å²) in [4.78, 5) is 32.2. The van der Waals surface area contributed by atoms with Crippen LogP contribution in [0.4, 0.5) is 19.0 Å². The summed E-state index contributed by atoms with van der Waals surface area (Å²) in [6.45, 7) is -0.589. The minimum absolute atomic E-state index is 0.0127. The first-order valence-electron chi connectivity index (χ1n) is 11.8. The van der Waals surface area contributed by atoms with Crippen LogP contribution in [0.15, 0.2) is 11.5 Å². The van der Waals surface area contributed by atoms with E-state index < -0.39 is 72.6 Å². The van der Waals surface area contributed by atoms with Crippen LogP contribution in [0.2, 0.25) is 0 Å². The van der Waals surface area contributed by atoms with Crippen molar-refractivity contribution in [1.82, 2.24) is 19.5 Å². The van der Waals surface area contributed by atoms with Gasteiger partial charge in [0.2, 0.25) is 0 Å². The summed E-state index contributed by atoms with van der Waals surface area (Å²) in [6, 6.07) is 0. The number of fused-ring (bicyclic) bond motifs is 1. The van der Waals surface area contributed by atoms with E-state index in [1.165, 1.54) is 22.7 Å². The number of nitrogens with one attached hydrogen (secondary N) is 1. The molecule has 3 unspecified atom stereocenters. The number of thioether (sulfide) groups is 2. The van der Waals surface area contributed by atoms with E-state index in [0.717, 1.165) is 11.8 Å². The van der Waals surface area contributed by atoms with E-state index in [9.17, 15) is 46.9 Å². The van der Waals surface area contributed by atoms with Gasteiger partial charge < -0.3 is 30.1 Å². The highest BCUT2D eigenvalue weighted by Gasteiger charge is 2.47. The average Bonchev–Trinajstić information content (AvgIpc) is 3.46. The first kappa shape index (κ1) is 38.2. The fourth-order valence-corrected chi connectivity index (χ4v) is 9.16. The molecule has 7 atom stereocenters. The van der Waals surface area contributed by atoms with Gasteiger partial charge >= 0.3 is 29.4 Å². The molecule has 27 heteroatoms. The Balaban J connectivity index is 1.78. The monoisotopic (exact) mass is 775 g/mol. The lowest BCUT2D eigenvalue weighted by Crippen LogP contribution is -2.33. The van der Waals surface area contributed by atoms with E-state index in [1.54, 1.807) is 0 Å². The van der Waals surface area contributed by atoms with E-state index in [4.69, 9.17) is 28.2 Å². The van der Waals surface area contributed by atoms with Crippen molar-refractivity contribution in [2.45, 2.75) is 42.3 Å². The summed E-state index contributed by atoms with van der Waals surface area (Å²) < 4.78 is 97.5. The molecule has 0 aliphatic carbocycles. The normalized spacial score (nSPS) is 25.0. The number of aromatic nitrogens is 4. The molecule has 2 aromatic rings. The van der Waals surface area contributed by atoms with E-state index in [-0.39, 0.29) is 27.9 Å². The Labute approximate surface area is 265 Å². The summed E-state index contributed by atoms with van der Waals surface area (Å²) in [5.74, 6) is 0.465. The molecule has 0 saturated carbocycles. The van der Waals surface area contributed by atoms with Crippen LogP contribution >= 0.6 is 70.2 Å². The zero-order valence-corrected chi connectivity index (χ0v) is 27.8. The molecule has 1 fully saturated rings. The van der Waals surface area contributed by atoms with Crippen molar-refractivity contribution in [3.8, 4) is 0 Å². The Morgan fingerprint density at radius 3 is 2.45 bits per heavy atom. The molecule has 0 bridgehead atoms. The summed E-state index contributed by atoms with van der Waals surface area (Å²) in [7, 11) is -15.7. The van der Waals surface area contributed by atoms with Gasteiger partial charge in [-0.1, -0.05) is 11.8 Å². The van der Waals surface area contributed by atoms with Crippen molar-refractivity contribution in [1.29, 1.82) is 0 Å². The smallest absolute Gasteiger partial charge is 0.387 e. The van der Waals surface area contributed by atoms with E-state index >= 15 is 0 Å². The maximum absolute atomic E-state index is 12.7. The number of nitrogens with zero attached hydrogens (tertiary/aromatic N) is 4. The Bertz CT molecular complexity index is 1430. The topological polar surface area (TPSA) is 234 Å². The van der Waals surface area contributed by atoms with Gasteiger partial charge in [-0.05, 0) is 6.26 Å². The first-order chi connectivity index (χ1) is 20.4. The van der Waals surface area contributed by atoms with E-state index in [1.807, 2.05) is 6.26 Å². The highest BCUT2D eigenvalue weighted by molar-refractivity contribution is 7.99. The molecule has 17 nitrogen and oxygen atoms in total. The number of aliphatic hydroxyl groups is 2. The Morgan fingerprint density at radius 2 is 1.84 bits per heavy atom. The maximum atomic E-state index is 12.7. The molecule has 5 N–H and O–H groups in total. The highest BCUT2D eigenvalue weighted by atomic mass is 35.5. The average molecular weight is 776 g/mol. The fraction of sp³-hybridized carbons (Fsp3) is 0.706. The zero-order valence-electron chi connectivity index (χ0n) is 22.0. The molecular weight excluding hydrogens is 751 g/mol. The second-order valence-corrected chi connectivity index (χ2v) is 16.8. The molecule has 44 heavy (non-hydrogen) atoms. The molecule has 1 aliphatic rings. The number of phosphoric ester groups is 1. The van der Waals surface area contributed by atoms with Gasteiger partial charge in [-0.15, -0.1) is 11.6 Å². The molecule has 1 aliphatic heterocycles. The van der Waals surface area contributed by atoms with Crippen LogP contribution in [0.25, 0.3) is 11.2 Å². The van der Waals surface area contributed by atoms with Crippen molar-refractivity contribution in [3.63, 3.8) is 0 Å². The predicted molar refractivity (Wildman–Crippen MR) is 153 cm³/mol. The van der Waals surface area contributed by atoms with Crippen molar-refractivity contribution >= 4 is 87.2 Å². The number of aliphatic hydroxyl groups excluding tert-OH is 2. The van der Waals surface area contributed by atoms with Gasteiger partial charge in [0.25, 0.3) is 0 Å². The minimum Gasteiger partial charge on any atom is -0.387 e. The standard InChI is InChI=1S/C17H25Cl2F3N5O12P3S2/c1-43-5-3-23-13-10-14(26-16(25-13)44-4-2-17(20,21)22)27(8-24-10)15-12(29)11(28)9(36-15)6-35-41(31,32)39-42(33,34)38-40(30,7-18)37-19/h8-9,11-12,15,28-29H,2-7H2,1H3,(H,31,32)(H,33,34)(H,23,25,26)/t9-,11-,12-,15-,40?/m1/s1. The van der Waals surface area contributed by atoms with Gasteiger partial charge in [0.15, 0.2) is 28.4 Å². The molecular formula is C17H25Cl2F3N5O12P3S2. The summed E-state index contributed by atoms with van der Waals surface area (Å²) in [6.07, 6.45) is -8.99. The van der Waals surface area contributed by atoms with Crippen LogP contribution in [-0.2, 0) is 35.7 Å². The van der Waals surface area contributed by atoms with Crippen LogP contribution in [0.1, 0.15) is 12.6 Å². The van der Waals surface area contributed by atoms with Crippen molar-refractivity contribution in [2.24, 2.45) is 0 Å². The number of rotatable bonds is 17. The van der Waals surface area contributed by atoms with Crippen LogP contribution in [0.5, 0.6) is 0 Å². The second kappa shape index (κ2) is 15.8. The van der Waals surface area contributed by atoms with Gasteiger partial charge in [-0.2, -0.15) is 33.3 Å². The number of anilines is 1. The lowest BCUT2D eigenvalue weighted by Gasteiger charge is -2.20. The molecule has 252 valence electrons. The first-order valence-corrected chi connectivity index (χ1v) is 19.7. The molecule has 2 aromatic heterocycles. The lowest BCUT2D eigenvalue weighted by molar-refractivity contribution is -0.129. The summed E-state index contributed by atoms with van der Waals surface area (Å²) >= 11 is 12.4. The molecule has 0 radical (unpaired) electrons. The van der Waals surface area contributed by atoms with Crippen LogP contribution in [-0.4, -0.2) is 101 Å². The van der Waals surface area contributed by atoms with E-state index in [2.05, 4.69) is 37.5 Å². The van der Waals surface area contributed by atoms with Crippen molar-refractivity contribution < 1.29 is 68.8 Å². The third-order valence-corrected chi connectivity index (χ3v) is 12.7. The Hall–Kier alpha value is -0.250. The number of hydrogen-bond donors (Lipinski definition) is 5. The van der Waals surface area contributed by atoms with Crippen LogP contribution < -0.4 is 5.32 Å². The van der Waals surface area contributed by atoms with Crippen LogP contribution in [0, 0.1) is 0 Å². The predicted octanol–water partition coefficient (Wildman–Crippen LogP) is 4.08. The van der Waals surface area contributed by atoms with Crippen molar-refractivity contribution in [2.75, 3.05) is 41.9 Å².